The Bertz CT molecular complexity index is 893. The maximum absolute atomic E-state index is 13.0. The third-order valence-electron chi connectivity index (χ3n) is 7.27. The molecule has 6 nitrogen and oxygen atoms in total. The number of nitrogens with zero attached hydrogens (tertiary/aromatic N) is 1. The molecule has 0 saturated carbocycles. The minimum absolute atomic E-state index is 0.0338. The van der Waals surface area contributed by atoms with Crippen LogP contribution in [-0.2, 0) is 19.1 Å². The molecule has 7 heteroatoms. The van der Waals surface area contributed by atoms with E-state index in [4.69, 9.17) is 25.5 Å². The Balaban J connectivity index is 1.79. The van der Waals surface area contributed by atoms with Crippen molar-refractivity contribution < 1.29 is 23.5 Å². The average Bonchev–Trinajstić information content (AvgIpc) is 3.05. The van der Waals surface area contributed by atoms with E-state index < -0.39 is 16.1 Å². The second-order valence-electron chi connectivity index (χ2n) is 10.8. The molecule has 2 fully saturated rings. The minimum Gasteiger partial charge on any atom is -0.465 e. The van der Waals surface area contributed by atoms with Gasteiger partial charge in [0.25, 0.3) is 0 Å². The zero-order valence-corrected chi connectivity index (χ0v) is 21.5. The molecule has 0 aliphatic carbocycles. The fraction of sp³-hybridized carbons (Fsp3) is 0.731. The number of aryl methyl sites for hydroxylation is 1. The largest absolute Gasteiger partial charge is 0.465 e. The minimum atomic E-state index is -0.939. The number of ketones is 1. The monoisotopic (exact) mass is 479 g/mol. The Morgan fingerprint density at radius 1 is 1.18 bits per heavy atom. The molecule has 0 amide bonds. The Hall–Kier alpha value is -1.66. The number of halogens is 1. The summed E-state index contributed by atoms with van der Waals surface area (Å²) in [4.78, 5) is 29.9. The highest BCUT2D eigenvalue weighted by molar-refractivity contribution is 6.26. The number of ether oxygens (including phenoxy) is 2. The maximum Gasteiger partial charge on any atom is 0.305 e. The molecule has 3 heterocycles. The van der Waals surface area contributed by atoms with Gasteiger partial charge < -0.3 is 13.9 Å². The molecule has 33 heavy (non-hydrogen) atoms. The average molecular weight is 480 g/mol. The molecule has 0 radical (unpaired) electrons. The number of Topliss-reactive ketones (excluding diaryl/α,β-unsaturated/α-hetero) is 1. The smallest absolute Gasteiger partial charge is 0.305 e. The first kappa shape index (κ1) is 26.0. The fourth-order valence-electron chi connectivity index (χ4n) is 5.03. The van der Waals surface area contributed by atoms with Crippen molar-refractivity contribution in [1.82, 2.24) is 4.98 Å². The van der Waals surface area contributed by atoms with E-state index in [9.17, 15) is 9.59 Å². The number of hydrogen-bond acceptors (Lipinski definition) is 6. The van der Waals surface area contributed by atoms with E-state index in [0.29, 0.717) is 23.9 Å². The molecule has 0 N–H and O–H groups in total. The first-order valence-electron chi connectivity index (χ1n) is 12.1. The van der Waals surface area contributed by atoms with Crippen LogP contribution in [0.3, 0.4) is 0 Å². The Labute approximate surface area is 202 Å². The second-order valence-corrected chi connectivity index (χ2v) is 11.4. The van der Waals surface area contributed by atoms with Crippen molar-refractivity contribution in [3.63, 3.8) is 0 Å². The Kier molecular flexibility index (Phi) is 7.79. The first-order valence-corrected chi connectivity index (χ1v) is 12.4. The van der Waals surface area contributed by atoms with Gasteiger partial charge in [0.05, 0.1) is 5.92 Å². The van der Waals surface area contributed by atoms with E-state index >= 15 is 0 Å². The van der Waals surface area contributed by atoms with Gasteiger partial charge in [0, 0.05) is 24.7 Å². The lowest BCUT2D eigenvalue weighted by molar-refractivity contribution is -0.146. The molecule has 0 bridgehead atoms. The van der Waals surface area contributed by atoms with Crippen molar-refractivity contribution >= 4 is 29.4 Å². The second kappa shape index (κ2) is 9.91. The molecule has 1 aromatic rings. The summed E-state index contributed by atoms with van der Waals surface area (Å²) < 4.78 is 17.0. The van der Waals surface area contributed by atoms with Gasteiger partial charge in [-0.05, 0) is 38.2 Å². The van der Waals surface area contributed by atoms with Crippen LogP contribution >= 0.6 is 11.6 Å². The van der Waals surface area contributed by atoms with E-state index in [-0.39, 0.29) is 36.6 Å². The summed E-state index contributed by atoms with van der Waals surface area (Å²) in [6, 6.07) is 0. The van der Waals surface area contributed by atoms with Crippen LogP contribution < -0.4 is 0 Å². The quantitative estimate of drug-likeness (QED) is 0.289. The molecule has 3 rings (SSSR count). The highest BCUT2D eigenvalue weighted by Gasteiger charge is 2.69. The lowest BCUT2D eigenvalue weighted by Crippen LogP contribution is -2.33. The number of aromatic nitrogens is 1. The summed E-state index contributed by atoms with van der Waals surface area (Å²) in [5, 5.41) is -0.939. The van der Waals surface area contributed by atoms with Crippen LogP contribution in [0.1, 0.15) is 84.7 Å². The van der Waals surface area contributed by atoms with Crippen molar-refractivity contribution in [3.8, 4) is 0 Å². The number of fused-ring (bicyclic) bond motifs is 1. The van der Waals surface area contributed by atoms with E-state index in [1.54, 1.807) is 13.2 Å². The first-order chi connectivity index (χ1) is 15.4. The third-order valence-corrected chi connectivity index (χ3v) is 8.02. The number of oxazole rings is 1. The van der Waals surface area contributed by atoms with Crippen molar-refractivity contribution in [2.24, 2.45) is 23.2 Å². The van der Waals surface area contributed by atoms with E-state index in [2.05, 4.69) is 11.9 Å². The number of epoxide rings is 1. The number of hydrogen-bond donors (Lipinski definition) is 0. The van der Waals surface area contributed by atoms with Crippen LogP contribution in [0.15, 0.2) is 16.8 Å². The molecule has 184 valence electrons. The van der Waals surface area contributed by atoms with Crippen LogP contribution in [0.25, 0.3) is 6.08 Å². The molecular formula is C26H38ClNO5. The van der Waals surface area contributed by atoms with Crippen molar-refractivity contribution in [3.05, 3.63) is 23.9 Å². The highest BCUT2D eigenvalue weighted by Crippen LogP contribution is 2.59. The molecule has 0 spiro atoms. The van der Waals surface area contributed by atoms with Gasteiger partial charge in [-0.25, -0.2) is 4.98 Å². The number of rotatable bonds is 2. The van der Waals surface area contributed by atoms with Crippen molar-refractivity contribution in [1.29, 1.82) is 0 Å². The third kappa shape index (κ3) is 6.07. The predicted molar refractivity (Wildman–Crippen MR) is 128 cm³/mol. The van der Waals surface area contributed by atoms with Crippen molar-refractivity contribution in [2.75, 3.05) is 6.61 Å². The van der Waals surface area contributed by atoms with Gasteiger partial charge in [0.15, 0.2) is 11.0 Å². The van der Waals surface area contributed by atoms with Gasteiger partial charge in [0.2, 0.25) is 0 Å². The molecule has 2 saturated heterocycles. The van der Waals surface area contributed by atoms with Gasteiger partial charge in [-0.1, -0.05) is 58.2 Å². The number of esters is 1. The summed E-state index contributed by atoms with van der Waals surface area (Å²) >= 11 is 6.97. The SMILES string of the molecule is Cc1nc(C=CC2COC(=O)CCC(C)(C)C(=O)C(C)CC(C)CCCC3(C)OC23Cl)co1. The van der Waals surface area contributed by atoms with E-state index in [1.807, 2.05) is 39.8 Å². The number of carbonyl (C=O) groups excluding carboxylic acids is 2. The summed E-state index contributed by atoms with van der Waals surface area (Å²) in [5.74, 6) is 0.514. The summed E-state index contributed by atoms with van der Waals surface area (Å²) in [6.45, 7) is 12.0. The standard InChI is InChI=1S/C26H38ClNO5/c1-17-8-7-12-25(6)26(27,33-25)20(9-10-21-16-31-19(3)28-21)15-32-22(29)11-13-24(4,5)23(30)18(2)14-17/h9-10,16-18,20H,7-8,11-15H2,1-6H3. The molecule has 5 unspecified atom stereocenters. The van der Waals surface area contributed by atoms with Crippen LogP contribution in [0.2, 0.25) is 0 Å². The van der Waals surface area contributed by atoms with Crippen LogP contribution in [0, 0.1) is 30.1 Å². The van der Waals surface area contributed by atoms with Gasteiger partial charge in [-0.2, -0.15) is 0 Å². The predicted octanol–water partition coefficient (Wildman–Crippen LogP) is 6.10. The van der Waals surface area contributed by atoms with E-state index in [1.165, 1.54) is 0 Å². The van der Waals surface area contributed by atoms with Crippen molar-refractivity contribution in [2.45, 2.75) is 90.7 Å². The maximum atomic E-state index is 13.0. The fourth-order valence-corrected chi connectivity index (χ4v) is 5.43. The Morgan fingerprint density at radius 2 is 1.91 bits per heavy atom. The summed E-state index contributed by atoms with van der Waals surface area (Å²) in [6.07, 6.45) is 9.55. The van der Waals surface area contributed by atoms with Crippen LogP contribution in [0.5, 0.6) is 0 Å². The lowest BCUT2D eigenvalue weighted by atomic mass is 9.75. The number of cyclic esters (lactones) is 1. The van der Waals surface area contributed by atoms with Gasteiger partial charge in [0.1, 0.15) is 29.9 Å². The van der Waals surface area contributed by atoms with Gasteiger partial charge >= 0.3 is 5.97 Å². The number of carbonyl (C=O) groups is 2. The normalized spacial score (nSPS) is 36.4. The molecule has 1 aromatic heterocycles. The molecule has 2 aliphatic rings. The van der Waals surface area contributed by atoms with Gasteiger partial charge in [-0.15, -0.1) is 0 Å². The topological polar surface area (TPSA) is 81.9 Å². The molecule has 5 atom stereocenters. The summed E-state index contributed by atoms with van der Waals surface area (Å²) in [7, 11) is 0. The molecule has 0 aromatic carbocycles. The number of alkyl halides is 1. The zero-order chi connectivity index (χ0) is 24.4. The highest BCUT2D eigenvalue weighted by atomic mass is 35.5. The Morgan fingerprint density at radius 3 is 2.58 bits per heavy atom. The summed E-state index contributed by atoms with van der Waals surface area (Å²) in [5.41, 5.74) is -0.391. The molecular weight excluding hydrogens is 442 g/mol. The molecule has 2 aliphatic heterocycles. The van der Waals surface area contributed by atoms with Crippen LogP contribution in [-0.4, -0.2) is 34.0 Å². The van der Waals surface area contributed by atoms with E-state index in [0.717, 1.165) is 25.7 Å². The van der Waals surface area contributed by atoms with Crippen LogP contribution in [0.4, 0.5) is 0 Å². The van der Waals surface area contributed by atoms with Gasteiger partial charge in [-0.3, -0.25) is 9.59 Å². The zero-order valence-electron chi connectivity index (χ0n) is 20.8. The lowest BCUT2D eigenvalue weighted by Gasteiger charge is -2.28.